The van der Waals surface area contributed by atoms with Gasteiger partial charge in [-0.1, -0.05) is 72.8 Å². The normalized spacial score (nSPS) is 17.7. The molecule has 0 bridgehead atoms. The van der Waals surface area contributed by atoms with Crippen molar-refractivity contribution in [1.29, 1.82) is 0 Å². The molecule has 0 saturated carbocycles. The van der Waals surface area contributed by atoms with Gasteiger partial charge < -0.3 is 10.6 Å². The van der Waals surface area contributed by atoms with Gasteiger partial charge in [-0.15, -0.1) is 0 Å². The fourth-order valence-corrected chi connectivity index (χ4v) is 3.43. The van der Waals surface area contributed by atoms with Crippen LogP contribution in [0.4, 0.5) is 0 Å². The Labute approximate surface area is 158 Å². The van der Waals surface area contributed by atoms with E-state index in [1.165, 1.54) is 35.1 Å². The van der Waals surface area contributed by atoms with Crippen molar-refractivity contribution in [3.63, 3.8) is 0 Å². The summed E-state index contributed by atoms with van der Waals surface area (Å²) in [6, 6.07) is 21.3. The molecule has 0 aliphatic carbocycles. The highest BCUT2D eigenvalue weighted by atomic mass is 14.8. The third kappa shape index (κ3) is 5.98. The fourth-order valence-electron chi connectivity index (χ4n) is 3.43. The van der Waals surface area contributed by atoms with Gasteiger partial charge in [0.25, 0.3) is 0 Å². The molecule has 0 amide bonds. The summed E-state index contributed by atoms with van der Waals surface area (Å²) >= 11 is 0. The van der Waals surface area contributed by atoms with Gasteiger partial charge in [0.1, 0.15) is 0 Å². The molecule has 2 aliphatic rings. The van der Waals surface area contributed by atoms with Crippen LogP contribution in [0.3, 0.4) is 0 Å². The highest BCUT2D eigenvalue weighted by molar-refractivity contribution is 5.66. The molecule has 26 heavy (non-hydrogen) atoms. The molecule has 2 aromatic carbocycles. The molecule has 2 heterocycles. The molecule has 0 spiro atoms. The van der Waals surface area contributed by atoms with Crippen LogP contribution < -0.4 is 10.6 Å². The standard InChI is InChI=1S/2C12H15N/c2*1-2-5-11(6-3-1)12-7-4-9-13-10-8-12/h1-3,5-6,8,13H,4,7,9-10H2;1-3,5-7,13H,4,8-10H2. The molecule has 2 nitrogen and oxygen atoms in total. The van der Waals surface area contributed by atoms with E-state index in [2.05, 4.69) is 83.4 Å². The van der Waals surface area contributed by atoms with Crippen LogP contribution in [0.15, 0.2) is 72.8 Å². The largest absolute Gasteiger partial charge is 0.316 e. The monoisotopic (exact) mass is 346 g/mol. The Balaban J connectivity index is 0.000000151. The zero-order chi connectivity index (χ0) is 17.9. The molecular weight excluding hydrogens is 316 g/mol. The second-order valence-electron chi connectivity index (χ2n) is 6.79. The van der Waals surface area contributed by atoms with Gasteiger partial charge in [0.05, 0.1) is 0 Å². The van der Waals surface area contributed by atoms with E-state index in [4.69, 9.17) is 0 Å². The number of benzene rings is 2. The summed E-state index contributed by atoms with van der Waals surface area (Å²) in [6.45, 7) is 4.40. The Hall–Kier alpha value is -2.16. The third-order valence-corrected chi connectivity index (χ3v) is 4.86. The van der Waals surface area contributed by atoms with Crippen LogP contribution >= 0.6 is 0 Å². The minimum Gasteiger partial charge on any atom is -0.316 e. The topological polar surface area (TPSA) is 24.1 Å². The van der Waals surface area contributed by atoms with E-state index >= 15 is 0 Å². The molecule has 0 radical (unpaired) electrons. The summed E-state index contributed by atoms with van der Waals surface area (Å²) in [4.78, 5) is 0. The van der Waals surface area contributed by atoms with Crippen LogP contribution in [0, 0.1) is 0 Å². The minimum atomic E-state index is 1.02. The molecule has 0 unspecified atom stereocenters. The van der Waals surface area contributed by atoms with Gasteiger partial charge in [0.2, 0.25) is 0 Å². The SMILES string of the molecule is C1=C(c2ccccc2)CCCNC1.C1=C(c2ccccc2)CCNCC1. The maximum atomic E-state index is 3.39. The van der Waals surface area contributed by atoms with Crippen molar-refractivity contribution in [2.24, 2.45) is 0 Å². The zero-order valence-electron chi connectivity index (χ0n) is 15.6. The lowest BCUT2D eigenvalue weighted by atomic mass is 10.0. The van der Waals surface area contributed by atoms with Gasteiger partial charge >= 0.3 is 0 Å². The smallest absolute Gasteiger partial charge is 0.0140 e. The quantitative estimate of drug-likeness (QED) is 0.807. The summed E-state index contributed by atoms with van der Waals surface area (Å²) in [5, 5.41) is 6.77. The summed E-state index contributed by atoms with van der Waals surface area (Å²) in [5.74, 6) is 0. The van der Waals surface area contributed by atoms with E-state index in [0.717, 1.165) is 39.0 Å². The predicted octanol–water partition coefficient (Wildman–Crippen LogP) is 4.91. The molecule has 2 aromatic rings. The molecule has 136 valence electrons. The van der Waals surface area contributed by atoms with Gasteiger partial charge in [-0.05, 0) is 67.6 Å². The van der Waals surface area contributed by atoms with E-state index in [0.29, 0.717) is 0 Å². The highest BCUT2D eigenvalue weighted by Gasteiger charge is 2.04. The summed E-state index contributed by atoms with van der Waals surface area (Å²) in [6.07, 6.45) is 9.43. The molecule has 4 rings (SSSR count). The average molecular weight is 347 g/mol. The van der Waals surface area contributed by atoms with E-state index in [9.17, 15) is 0 Å². The van der Waals surface area contributed by atoms with Gasteiger partial charge in [-0.2, -0.15) is 0 Å². The lowest BCUT2D eigenvalue weighted by molar-refractivity contribution is 0.718. The second-order valence-corrected chi connectivity index (χ2v) is 6.79. The molecule has 0 saturated heterocycles. The number of hydrogen-bond acceptors (Lipinski definition) is 2. The first kappa shape index (κ1) is 18.6. The second kappa shape index (κ2) is 10.7. The van der Waals surface area contributed by atoms with Crippen LogP contribution in [0.1, 0.15) is 36.8 Å². The Bertz CT molecular complexity index is 638. The van der Waals surface area contributed by atoms with Crippen molar-refractivity contribution >= 4 is 11.1 Å². The van der Waals surface area contributed by atoms with Crippen LogP contribution in [0.25, 0.3) is 11.1 Å². The fraction of sp³-hybridized carbons (Fsp3) is 0.333. The molecule has 0 aromatic heterocycles. The van der Waals surface area contributed by atoms with Crippen molar-refractivity contribution < 1.29 is 0 Å². The lowest BCUT2D eigenvalue weighted by Gasteiger charge is -2.04. The molecule has 0 atom stereocenters. The number of nitrogens with one attached hydrogen (secondary N) is 2. The van der Waals surface area contributed by atoms with Crippen LogP contribution in [-0.2, 0) is 0 Å². The number of allylic oxidation sites excluding steroid dienone is 1. The van der Waals surface area contributed by atoms with Gasteiger partial charge in [0.15, 0.2) is 0 Å². The lowest BCUT2D eigenvalue weighted by Crippen LogP contribution is -2.13. The molecule has 0 fully saturated rings. The first-order chi connectivity index (χ1) is 12.9. The first-order valence-electron chi connectivity index (χ1n) is 9.84. The van der Waals surface area contributed by atoms with Crippen LogP contribution in [-0.4, -0.2) is 26.2 Å². The Morgan fingerprint density at radius 3 is 1.92 bits per heavy atom. The van der Waals surface area contributed by atoms with Gasteiger partial charge in [0, 0.05) is 6.54 Å². The number of hydrogen-bond donors (Lipinski definition) is 2. The van der Waals surface area contributed by atoms with Crippen molar-refractivity contribution in [3.8, 4) is 0 Å². The maximum Gasteiger partial charge on any atom is 0.0140 e. The zero-order valence-corrected chi connectivity index (χ0v) is 15.6. The Morgan fingerprint density at radius 1 is 0.577 bits per heavy atom. The van der Waals surface area contributed by atoms with Gasteiger partial charge in [-0.25, -0.2) is 0 Å². The van der Waals surface area contributed by atoms with E-state index < -0.39 is 0 Å². The molecular formula is C24H30N2. The van der Waals surface area contributed by atoms with Crippen LogP contribution in [0.5, 0.6) is 0 Å². The van der Waals surface area contributed by atoms with Crippen molar-refractivity contribution in [2.75, 3.05) is 26.2 Å². The number of rotatable bonds is 2. The first-order valence-corrected chi connectivity index (χ1v) is 9.84. The van der Waals surface area contributed by atoms with E-state index in [1.54, 1.807) is 0 Å². The van der Waals surface area contributed by atoms with Crippen molar-refractivity contribution in [3.05, 3.63) is 83.9 Å². The van der Waals surface area contributed by atoms with E-state index in [1.807, 2.05) is 0 Å². The summed E-state index contributed by atoms with van der Waals surface area (Å²) < 4.78 is 0. The molecule has 2 heteroatoms. The van der Waals surface area contributed by atoms with E-state index in [-0.39, 0.29) is 0 Å². The maximum absolute atomic E-state index is 3.39. The van der Waals surface area contributed by atoms with Gasteiger partial charge in [-0.3, -0.25) is 0 Å². The summed E-state index contributed by atoms with van der Waals surface area (Å²) in [5.41, 5.74) is 5.74. The Morgan fingerprint density at radius 2 is 1.23 bits per heavy atom. The average Bonchev–Trinajstić information content (AvgIpc) is 3.15. The van der Waals surface area contributed by atoms with Crippen LogP contribution in [0.2, 0.25) is 0 Å². The summed E-state index contributed by atoms with van der Waals surface area (Å²) in [7, 11) is 0. The minimum absolute atomic E-state index is 1.02. The Kier molecular flexibility index (Phi) is 7.70. The van der Waals surface area contributed by atoms with Crippen molar-refractivity contribution in [1.82, 2.24) is 10.6 Å². The van der Waals surface area contributed by atoms with Crippen molar-refractivity contribution in [2.45, 2.75) is 25.7 Å². The molecule has 2 N–H and O–H groups in total. The highest BCUT2D eigenvalue weighted by Crippen LogP contribution is 2.20. The predicted molar refractivity (Wildman–Crippen MR) is 113 cm³/mol. The third-order valence-electron chi connectivity index (χ3n) is 4.86. The molecule has 2 aliphatic heterocycles.